The van der Waals surface area contributed by atoms with E-state index in [1.165, 1.54) is 16.7 Å². The van der Waals surface area contributed by atoms with Gasteiger partial charge in [0.25, 0.3) is 0 Å². The third-order valence-electron chi connectivity index (χ3n) is 5.22. The van der Waals surface area contributed by atoms with Gasteiger partial charge >= 0.3 is 5.97 Å². The zero-order valence-corrected chi connectivity index (χ0v) is 16.2. The molecule has 4 heterocycles. The van der Waals surface area contributed by atoms with Gasteiger partial charge in [0.1, 0.15) is 24.2 Å². The van der Waals surface area contributed by atoms with E-state index in [2.05, 4.69) is 0 Å². The molecule has 0 unspecified atom stereocenters. The number of carboxylic acids is 1. The Labute approximate surface area is 166 Å². The Morgan fingerprint density at radius 1 is 1.39 bits per heavy atom. The zero-order chi connectivity index (χ0) is 20.0. The maximum Gasteiger partial charge on any atom is 0.352 e. The first-order chi connectivity index (χ1) is 13.4. The standard InChI is InChI=1S/C19H20N4O4S/c1-21-5-2-11(3-6-21)9-22-7-4-12(16(22)24)8-13-10-28-18-14(20)17(25)23(18)15(13)19(26)27/h2-3,5-6,8,14,18H,4,7,9-10,20H2,1H3/p+1/t14-,18-/m1/s1. The Morgan fingerprint density at radius 2 is 2.11 bits per heavy atom. The number of aryl methyl sites for hydroxylation is 1. The highest BCUT2D eigenvalue weighted by molar-refractivity contribution is 8.00. The quantitative estimate of drug-likeness (QED) is 0.409. The van der Waals surface area contributed by atoms with Crippen molar-refractivity contribution in [1.29, 1.82) is 0 Å². The van der Waals surface area contributed by atoms with Gasteiger partial charge in [-0.3, -0.25) is 14.5 Å². The molecule has 2 fully saturated rings. The zero-order valence-electron chi connectivity index (χ0n) is 15.4. The number of amides is 2. The number of allylic oxidation sites excluding steroid dienone is 1. The number of carboxylic acid groups (broad SMARTS) is 1. The monoisotopic (exact) mass is 401 g/mol. The molecular formula is C19H21N4O4S+. The Kier molecular flexibility index (Phi) is 4.72. The van der Waals surface area contributed by atoms with E-state index >= 15 is 0 Å². The maximum absolute atomic E-state index is 12.8. The highest BCUT2D eigenvalue weighted by atomic mass is 32.2. The number of nitrogens with two attached hydrogens (primary N) is 1. The Hall–Kier alpha value is -2.65. The van der Waals surface area contributed by atoms with Gasteiger partial charge < -0.3 is 15.7 Å². The van der Waals surface area contributed by atoms with Crippen molar-refractivity contribution in [2.75, 3.05) is 12.3 Å². The molecule has 1 aromatic rings. The molecule has 0 spiro atoms. The molecule has 2 amide bonds. The molecule has 4 rings (SSSR count). The largest absolute Gasteiger partial charge is 0.477 e. The van der Waals surface area contributed by atoms with E-state index in [4.69, 9.17) is 5.73 Å². The van der Waals surface area contributed by atoms with Crippen LogP contribution in [0.3, 0.4) is 0 Å². The molecule has 2 saturated heterocycles. The number of pyridine rings is 1. The fourth-order valence-electron chi connectivity index (χ4n) is 3.67. The Morgan fingerprint density at radius 3 is 2.79 bits per heavy atom. The van der Waals surface area contributed by atoms with Crippen LogP contribution < -0.4 is 10.3 Å². The third-order valence-corrected chi connectivity index (χ3v) is 6.55. The number of likely N-dealkylation sites (tertiary alicyclic amines) is 1. The lowest BCUT2D eigenvalue weighted by atomic mass is 10.0. The number of carbonyl (C=O) groups is 3. The van der Waals surface area contributed by atoms with E-state index in [1.807, 2.05) is 36.1 Å². The van der Waals surface area contributed by atoms with Crippen molar-refractivity contribution in [2.24, 2.45) is 12.8 Å². The van der Waals surface area contributed by atoms with E-state index < -0.39 is 12.0 Å². The summed E-state index contributed by atoms with van der Waals surface area (Å²) in [4.78, 5) is 39.6. The lowest BCUT2D eigenvalue weighted by Gasteiger charge is -2.47. The number of thioether (sulfide) groups is 1. The second-order valence-electron chi connectivity index (χ2n) is 7.13. The Balaban J connectivity index is 1.56. The highest BCUT2D eigenvalue weighted by Crippen LogP contribution is 2.40. The van der Waals surface area contributed by atoms with Crippen molar-refractivity contribution < 1.29 is 24.1 Å². The first kappa shape index (κ1) is 18.7. The summed E-state index contributed by atoms with van der Waals surface area (Å²) in [5, 5.41) is 9.28. The average molecular weight is 401 g/mol. The van der Waals surface area contributed by atoms with Crippen LogP contribution in [0.25, 0.3) is 0 Å². The molecular weight excluding hydrogens is 380 g/mol. The maximum atomic E-state index is 12.8. The molecule has 3 aliphatic rings. The number of β-lactam (4-membered cyclic amide) rings is 1. The average Bonchev–Trinajstić information content (AvgIpc) is 3.02. The first-order valence-electron chi connectivity index (χ1n) is 8.97. The number of hydrogen-bond acceptors (Lipinski definition) is 5. The summed E-state index contributed by atoms with van der Waals surface area (Å²) in [5.74, 6) is -1.24. The molecule has 0 radical (unpaired) electrons. The van der Waals surface area contributed by atoms with Gasteiger partial charge in [-0.15, -0.1) is 11.8 Å². The second-order valence-corrected chi connectivity index (χ2v) is 8.24. The molecule has 3 aliphatic heterocycles. The topological polar surface area (TPSA) is 108 Å². The van der Waals surface area contributed by atoms with Crippen molar-refractivity contribution in [3.8, 4) is 0 Å². The van der Waals surface area contributed by atoms with Gasteiger partial charge in [-0.2, -0.15) is 0 Å². The fourth-order valence-corrected chi connectivity index (χ4v) is 4.92. The predicted molar refractivity (Wildman–Crippen MR) is 101 cm³/mol. The van der Waals surface area contributed by atoms with Gasteiger partial charge in [0.05, 0.1) is 0 Å². The van der Waals surface area contributed by atoms with Crippen molar-refractivity contribution >= 4 is 29.5 Å². The minimum Gasteiger partial charge on any atom is -0.477 e. The predicted octanol–water partition coefficient (Wildman–Crippen LogP) is -0.249. The fraction of sp³-hybridized carbons (Fsp3) is 0.368. The number of rotatable bonds is 4. The smallest absolute Gasteiger partial charge is 0.352 e. The third kappa shape index (κ3) is 3.10. The Bertz CT molecular complexity index is 924. The number of fused-ring (bicyclic) bond motifs is 1. The van der Waals surface area contributed by atoms with Crippen LogP contribution in [0.2, 0.25) is 0 Å². The van der Waals surface area contributed by atoms with Gasteiger partial charge in [-0.05, 0) is 23.6 Å². The van der Waals surface area contributed by atoms with Crippen LogP contribution in [-0.2, 0) is 28.0 Å². The van der Waals surface area contributed by atoms with Gasteiger partial charge in [-0.25, -0.2) is 9.36 Å². The van der Waals surface area contributed by atoms with Crippen LogP contribution in [0.5, 0.6) is 0 Å². The van der Waals surface area contributed by atoms with Crippen LogP contribution in [0, 0.1) is 0 Å². The summed E-state index contributed by atoms with van der Waals surface area (Å²) >= 11 is 1.43. The summed E-state index contributed by atoms with van der Waals surface area (Å²) in [5.41, 5.74) is 7.82. The first-order valence-corrected chi connectivity index (χ1v) is 10.0. The van der Waals surface area contributed by atoms with Crippen LogP contribution in [-0.4, -0.2) is 56.4 Å². The normalized spacial score (nSPS) is 26.0. The molecule has 2 atom stereocenters. The molecule has 8 nitrogen and oxygen atoms in total. The van der Waals surface area contributed by atoms with Gasteiger partial charge in [0.2, 0.25) is 11.8 Å². The van der Waals surface area contributed by atoms with Crippen LogP contribution in [0.4, 0.5) is 0 Å². The summed E-state index contributed by atoms with van der Waals surface area (Å²) < 4.78 is 1.93. The van der Waals surface area contributed by atoms with Crippen molar-refractivity contribution in [2.45, 2.75) is 24.4 Å². The van der Waals surface area contributed by atoms with E-state index in [0.717, 1.165) is 5.56 Å². The molecule has 0 aromatic carbocycles. The number of carbonyl (C=O) groups excluding carboxylic acids is 2. The molecule has 9 heteroatoms. The van der Waals surface area contributed by atoms with E-state index in [9.17, 15) is 19.5 Å². The van der Waals surface area contributed by atoms with Gasteiger partial charge in [0.15, 0.2) is 12.4 Å². The lowest BCUT2D eigenvalue weighted by molar-refractivity contribution is -0.671. The summed E-state index contributed by atoms with van der Waals surface area (Å²) in [6, 6.07) is 3.28. The van der Waals surface area contributed by atoms with Gasteiger partial charge in [0, 0.05) is 36.5 Å². The van der Waals surface area contributed by atoms with Crippen LogP contribution in [0.15, 0.2) is 47.4 Å². The van der Waals surface area contributed by atoms with Crippen molar-refractivity contribution in [3.63, 3.8) is 0 Å². The van der Waals surface area contributed by atoms with E-state index in [0.29, 0.717) is 36.4 Å². The number of hydrogen-bond donors (Lipinski definition) is 2. The lowest BCUT2D eigenvalue weighted by Crippen LogP contribution is -2.68. The second kappa shape index (κ2) is 7.06. The van der Waals surface area contributed by atoms with Crippen LogP contribution in [0.1, 0.15) is 12.0 Å². The number of nitrogens with zero attached hydrogens (tertiary/aromatic N) is 3. The summed E-state index contributed by atoms with van der Waals surface area (Å²) in [6.45, 7) is 1.10. The van der Waals surface area contributed by atoms with E-state index in [-0.39, 0.29) is 22.9 Å². The molecule has 0 bridgehead atoms. The van der Waals surface area contributed by atoms with Gasteiger partial charge in [-0.1, -0.05) is 0 Å². The van der Waals surface area contributed by atoms with E-state index in [1.54, 1.807) is 11.0 Å². The molecule has 28 heavy (non-hydrogen) atoms. The number of aliphatic carboxylic acids is 1. The molecule has 146 valence electrons. The summed E-state index contributed by atoms with van der Waals surface area (Å²) in [6.07, 6.45) is 6.07. The molecule has 3 N–H and O–H groups in total. The summed E-state index contributed by atoms with van der Waals surface area (Å²) in [7, 11) is 1.93. The minimum absolute atomic E-state index is 0.0511. The molecule has 0 aliphatic carbocycles. The van der Waals surface area contributed by atoms with Crippen molar-refractivity contribution in [3.05, 3.63) is 53.0 Å². The SMILES string of the molecule is C[n+]1ccc(CN2CCC(=CC3=C(C(=O)O)N4C(=O)[C@@H](N)[C@H]4SC3)C2=O)cc1. The number of aromatic nitrogens is 1. The highest BCUT2D eigenvalue weighted by Gasteiger charge is 2.51. The van der Waals surface area contributed by atoms with Crippen LogP contribution >= 0.6 is 11.8 Å². The van der Waals surface area contributed by atoms with Crippen molar-refractivity contribution in [1.82, 2.24) is 9.80 Å². The minimum atomic E-state index is -1.17. The molecule has 0 saturated carbocycles. The molecule has 1 aromatic heterocycles.